The number of aliphatic hydroxyl groups is 2. The number of aromatic nitrogens is 1. The van der Waals surface area contributed by atoms with Gasteiger partial charge in [-0.25, -0.2) is 0 Å². The van der Waals surface area contributed by atoms with E-state index in [9.17, 15) is 10.2 Å². The standard InChI is InChI=1S/C21H28N2O3/c1-3-7-17-8-4-5-10-21(17)26-15-19(24)14-23-16(2)12-20(25)18-9-6-11-22-13-18/h3-6,8-11,13,16,19-20,23-25H,1,7,12,14-15H2,2H3. The molecule has 26 heavy (non-hydrogen) atoms. The van der Waals surface area contributed by atoms with Gasteiger partial charge >= 0.3 is 0 Å². The van der Waals surface area contributed by atoms with Crippen LogP contribution in [0.1, 0.15) is 30.6 Å². The lowest BCUT2D eigenvalue weighted by Gasteiger charge is -2.20. The van der Waals surface area contributed by atoms with Gasteiger partial charge in [-0.15, -0.1) is 6.58 Å². The molecule has 1 aromatic carbocycles. The zero-order valence-corrected chi connectivity index (χ0v) is 15.2. The summed E-state index contributed by atoms with van der Waals surface area (Å²) in [5, 5.41) is 23.6. The minimum atomic E-state index is -0.634. The van der Waals surface area contributed by atoms with E-state index >= 15 is 0 Å². The van der Waals surface area contributed by atoms with Crippen LogP contribution in [0.5, 0.6) is 5.75 Å². The van der Waals surface area contributed by atoms with Gasteiger partial charge in [0, 0.05) is 25.0 Å². The Hall–Kier alpha value is -2.21. The summed E-state index contributed by atoms with van der Waals surface area (Å²) in [6, 6.07) is 11.5. The fraction of sp³-hybridized carbons (Fsp3) is 0.381. The normalized spacial score (nSPS) is 14.4. The summed E-state index contributed by atoms with van der Waals surface area (Å²) in [6.45, 7) is 6.33. The molecule has 0 radical (unpaired) electrons. The molecule has 0 aliphatic carbocycles. The van der Waals surface area contributed by atoms with E-state index in [-0.39, 0.29) is 12.6 Å². The molecular formula is C21H28N2O3. The van der Waals surface area contributed by atoms with Gasteiger partial charge in [0.25, 0.3) is 0 Å². The Bertz CT molecular complexity index is 663. The average Bonchev–Trinajstić information content (AvgIpc) is 2.66. The van der Waals surface area contributed by atoms with Gasteiger partial charge in [0.05, 0.1) is 6.10 Å². The molecule has 5 heteroatoms. The van der Waals surface area contributed by atoms with Crippen molar-refractivity contribution in [2.75, 3.05) is 13.2 Å². The van der Waals surface area contributed by atoms with E-state index < -0.39 is 12.2 Å². The van der Waals surface area contributed by atoms with Crippen molar-refractivity contribution in [2.24, 2.45) is 0 Å². The van der Waals surface area contributed by atoms with Crippen molar-refractivity contribution in [2.45, 2.75) is 38.0 Å². The number of rotatable bonds is 11. The van der Waals surface area contributed by atoms with Crippen molar-refractivity contribution in [3.05, 3.63) is 72.6 Å². The van der Waals surface area contributed by atoms with Crippen molar-refractivity contribution >= 4 is 0 Å². The van der Waals surface area contributed by atoms with Gasteiger partial charge in [-0.2, -0.15) is 0 Å². The van der Waals surface area contributed by atoms with E-state index in [0.717, 1.165) is 23.3 Å². The molecule has 0 aliphatic rings. The maximum atomic E-state index is 10.2. The van der Waals surface area contributed by atoms with Crippen molar-refractivity contribution in [3.8, 4) is 5.75 Å². The van der Waals surface area contributed by atoms with Crippen molar-refractivity contribution in [3.63, 3.8) is 0 Å². The average molecular weight is 356 g/mol. The summed E-state index contributed by atoms with van der Waals surface area (Å²) < 4.78 is 5.74. The van der Waals surface area contributed by atoms with E-state index in [4.69, 9.17) is 4.74 Å². The Morgan fingerprint density at radius 3 is 2.77 bits per heavy atom. The quantitative estimate of drug-likeness (QED) is 0.540. The number of nitrogens with one attached hydrogen (secondary N) is 1. The zero-order valence-electron chi connectivity index (χ0n) is 15.2. The Morgan fingerprint density at radius 1 is 1.23 bits per heavy atom. The van der Waals surface area contributed by atoms with Crippen molar-refractivity contribution in [1.82, 2.24) is 10.3 Å². The SMILES string of the molecule is C=CCc1ccccc1OCC(O)CNC(C)CC(O)c1cccnc1. The van der Waals surface area contributed by atoms with Crippen LogP contribution in [0.15, 0.2) is 61.4 Å². The smallest absolute Gasteiger partial charge is 0.122 e. The Morgan fingerprint density at radius 2 is 2.04 bits per heavy atom. The first-order chi connectivity index (χ1) is 12.6. The van der Waals surface area contributed by atoms with Gasteiger partial charge in [-0.3, -0.25) is 4.98 Å². The van der Waals surface area contributed by atoms with Crippen LogP contribution >= 0.6 is 0 Å². The van der Waals surface area contributed by atoms with E-state index in [1.165, 1.54) is 0 Å². The number of hydrogen-bond donors (Lipinski definition) is 3. The molecule has 0 saturated carbocycles. The Kier molecular flexibility index (Phi) is 8.28. The highest BCUT2D eigenvalue weighted by atomic mass is 16.5. The summed E-state index contributed by atoms with van der Waals surface area (Å²) >= 11 is 0. The zero-order chi connectivity index (χ0) is 18.8. The number of hydrogen-bond acceptors (Lipinski definition) is 5. The first-order valence-electron chi connectivity index (χ1n) is 8.91. The van der Waals surface area contributed by atoms with Gasteiger partial charge in [-0.05, 0) is 43.0 Å². The largest absolute Gasteiger partial charge is 0.491 e. The maximum absolute atomic E-state index is 10.2. The van der Waals surface area contributed by atoms with Crippen LogP contribution in [-0.4, -0.2) is 40.5 Å². The first kappa shape index (κ1) is 20.1. The predicted molar refractivity (Wildman–Crippen MR) is 103 cm³/mol. The maximum Gasteiger partial charge on any atom is 0.122 e. The molecule has 0 aliphatic heterocycles. The summed E-state index contributed by atoms with van der Waals surface area (Å²) in [7, 11) is 0. The molecule has 0 spiro atoms. The second-order valence-electron chi connectivity index (χ2n) is 6.41. The lowest BCUT2D eigenvalue weighted by atomic mass is 10.0. The molecule has 3 atom stereocenters. The van der Waals surface area contributed by atoms with Crippen molar-refractivity contribution in [1.29, 1.82) is 0 Å². The minimum Gasteiger partial charge on any atom is -0.491 e. The fourth-order valence-corrected chi connectivity index (χ4v) is 2.68. The molecule has 140 valence electrons. The fourth-order valence-electron chi connectivity index (χ4n) is 2.68. The molecule has 1 heterocycles. The molecule has 5 nitrogen and oxygen atoms in total. The third kappa shape index (κ3) is 6.59. The number of benzene rings is 1. The Balaban J connectivity index is 1.73. The molecule has 0 amide bonds. The van der Waals surface area contributed by atoms with Crippen LogP contribution in [0.3, 0.4) is 0 Å². The van der Waals surface area contributed by atoms with Gasteiger partial charge in [0.1, 0.15) is 18.5 Å². The highest BCUT2D eigenvalue weighted by Crippen LogP contribution is 2.19. The Labute approximate surface area is 155 Å². The van der Waals surface area contributed by atoms with Crippen LogP contribution < -0.4 is 10.1 Å². The third-order valence-electron chi connectivity index (χ3n) is 4.12. The minimum absolute atomic E-state index is 0.0490. The molecule has 2 rings (SSSR count). The number of pyridine rings is 1. The lowest BCUT2D eigenvalue weighted by molar-refractivity contribution is 0.0983. The lowest BCUT2D eigenvalue weighted by Crippen LogP contribution is -2.37. The van der Waals surface area contributed by atoms with E-state index in [1.807, 2.05) is 49.4 Å². The summed E-state index contributed by atoms with van der Waals surface area (Å²) in [6.07, 6.45) is 5.24. The second-order valence-corrected chi connectivity index (χ2v) is 6.41. The molecule has 0 saturated heterocycles. The highest BCUT2D eigenvalue weighted by Gasteiger charge is 2.14. The van der Waals surface area contributed by atoms with Crippen LogP contribution in [0.4, 0.5) is 0 Å². The molecule has 3 N–H and O–H groups in total. The molecule has 0 fully saturated rings. The van der Waals surface area contributed by atoms with Gasteiger partial charge in [0.15, 0.2) is 0 Å². The highest BCUT2D eigenvalue weighted by molar-refractivity contribution is 5.34. The van der Waals surface area contributed by atoms with Crippen LogP contribution in [0.2, 0.25) is 0 Å². The van der Waals surface area contributed by atoms with Crippen LogP contribution in [0.25, 0.3) is 0 Å². The van der Waals surface area contributed by atoms with Crippen LogP contribution in [-0.2, 0) is 6.42 Å². The van der Waals surface area contributed by atoms with Crippen LogP contribution in [0, 0.1) is 0 Å². The van der Waals surface area contributed by atoms with E-state index in [0.29, 0.717) is 13.0 Å². The molecular weight excluding hydrogens is 328 g/mol. The number of nitrogens with zero attached hydrogens (tertiary/aromatic N) is 1. The molecule has 1 aromatic heterocycles. The number of ether oxygens (including phenoxy) is 1. The molecule has 2 aromatic rings. The summed E-state index contributed by atoms with van der Waals surface area (Å²) in [4.78, 5) is 4.02. The summed E-state index contributed by atoms with van der Waals surface area (Å²) in [5.41, 5.74) is 1.85. The van der Waals surface area contributed by atoms with Crippen molar-refractivity contribution < 1.29 is 14.9 Å². The predicted octanol–water partition coefficient (Wildman–Crippen LogP) is 2.65. The topological polar surface area (TPSA) is 74.6 Å². The first-order valence-corrected chi connectivity index (χ1v) is 8.91. The number of allylic oxidation sites excluding steroid dienone is 1. The second kappa shape index (κ2) is 10.7. The third-order valence-corrected chi connectivity index (χ3v) is 4.12. The number of para-hydroxylation sites is 1. The summed E-state index contributed by atoms with van der Waals surface area (Å²) in [5.74, 6) is 0.770. The van der Waals surface area contributed by atoms with E-state index in [1.54, 1.807) is 12.4 Å². The van der Waals surface area contributed by atoms with Gasteiger partial charge in [-0.1, -0.05) is 30.3 Å². The molecule has 0 bridgehead atoms. The molecule has 3 unspecified atom stereocenters. The van der Waals surface area contributed by atoms with Gasteiger partial charge in [0.2, 0.25) is 0 Å². The number of aliphatic hydroxyl groups excluding tert-OH is 2. The van der Waals surface area contributed by atoms with Gasteiger partial charge < -0.3 is 20.3 Å². The van der Waals surface area contributed by atoms with E-state index in [2.05, 4.69) is 16.9 Å². The monoisotopic (exact) mass is 356 g/mol.